The third kappa shape index (κ3) is 3.98. The van der Waals surface area contributed by atoms with Gasteiger partial charge in [0.1, 0.15) is 0 Å². The van der Waals surface area contributed by atoms with Crippen LogP contribution < -0.4 is 0 Å². The van der Waals surface area contributed by atoms with Gasteiger partial charge in [-0.15, -0.1) is 0 Å². The molecule has 0 fully saturated rings. The van der Waals surface area contributed by atoms with Gasteiger partial charge in [-0.3, -0.25) is 14.9 Å². The largest absolute Gasteiger partial charge is 0.481 e. The maximum atomic E-state index is 10.6. The van der Waals surface area contributed by atoms with E-state index in [1.54, 1.807) is 24.3 Å². The highest BCUT2D eigenvalue weighted by Gasteiger charge is 2.20. The van der Waals surface area contributed by atoms with Crippen LogP contribution in [0.3, 0.4) is 0 Å². The number of nitro groups is 1. The van der Waals surface area contributed by atoms with Crippen LogP contribution in [0.5, 0.6) is 0 Å². The molecule has 0 aromatic heterocycles. The van der Waals surface area contributed by atoms with E-state index < -0.39 is 16.8 Å². The molecule has 1 atom stereocenters. The molecule has 1 rings (SSSR count). The predicted octanol–water partition coefficient (Wildman–Crippen LogP) is 2.28. The summed E-state index contributed by atoms with van der Waals surface area (Å²) < 4.78 is 0.853. The molecule has 1 aromatic rings. The zero-order chi connectivity index (χ0) is 12.1. The van der Waals surface area contributed by atoms with Gasteiger partial charge in [0, 0.05) is 9.40 Å². The predicted molar refractivity (Wildman–Crippen MR) is 61.0 cm³/mol. The summed E-state index contributed by atoms with van der Waals surface area (Å²) in [6, 6.07) is 6.87. The number of hydrogen-bond acceptors (Lipinski definition) is 3. The summed E-state index contributed by atoms with van der Waals surface area (Å²) in [5, 5.41) is 19.1. The molecule has 0 bridgehead atoms. The number of aliphatic carboxylic acids is 1. The molecule has 1 aromatic carbocycles. The lowest BCUT2D eigenvalue weighted by Crippen LogP contribution is -2.16. The van der Waals surface area contributed by atoms with Crippen molar-refractivity contribution in [1.82, 2.24) is 0 Å². The van der Waals surface area contributed by atoms with E-state index in [0.717, 1.165) is 4.47 Å². The Hall–Kier alpha value is -1.43. The lowest BCUT2D eigenvalue weighted by Gasteiger charge is -2.10. The van der Waals surface area contributed by atoms with E-state index in [2.05, 4.69) is 15.9 Å². The molecule has 0 aliphatic rings. The summed E-state index contributed by atoms with van der Waals surface area (Å²) in [6.07, 6.45) is -0.234. The zero-order valence-corrected chi connectivity index (χ0v) is 9.88. The van der Waals surface area contributed by atoms with Crippen molar-refractivity contribution >= 4 is 21.9 Å². The molecular weight excluding hydrogens is 278 g/mol. The average Bonchev–Trinajstić information content (AvgIpc) is 2.16. The molecule has 1 N–H and O–H groups in total. The van der Waals surface area contributed by atoms with Crippen molar-refractivity contribution in [3.8, 4) is 0 Å². The molecule has 0 amide bonds. The quantitative estimate of drug-likeness (QED) is 0.665. The Morgan fingerprint density at radius 1 is 1.44 bits per heavy atom. The maximum Gasteiger partial charge on any atom is 0.304 e. The zero-order valence-electron chi connectivity index (χ0n) is 8.30. The maximum absolute atomic E-state index is 10.6. The van der Waals surface area contributed by atoms with E-state index in [4.69, 9.17) is 5.11 Å². The van der Waals surface area contributed by atoms with Crippen LogP contribution in [0.1, 0.15) is 17.9 Å². The van der Waals surface area contributed by atoms with Crippen LogP contribution in [0.2, 0.25) is 0 Å². The Balaban J connectivity index is 2.86. The fourth-order valence-electron chi connectivity index (χ4n) is 1.41. The SMILES string of the molecule is O=C(O)CC(C[N+](=O)[O-])c1ccc(Br)cc1. The van der Waals surface area contributed by atoms with Gasteiger partial charge in [0.25, 0.3) is 0 Å². The van der Waals surface area contributed by atoms with Crippen molar-refractivity contribution < 1.29 is 14.8 Å². The van der Waals surface area contributed by atoms with Crippen LogP contribution in [0.15, 0.2) is 28.7 Å². The van der Waals surface area contributed by atoms with Gasteiger partial charge in [0.15, 0.2) is 0 Å². The molecule has 86 valence electrons. The van der Waals surface area contributed by atoms with Crippen LogP contribution in [0.25, 0.3) is 0 Å². The fourth-order valence-corrected chi connectivity index (χ4v) is 1.68. The molecule has 0 heterocycles. The smallest absolute Gasteiger partial charge is 0.304 e. The summed E-state index contributed by atoms with van der Waals surface area (Å²) >= 11 is 3.25. The monoisotopic (exact) mass is 287 g/mol. The van der Waals surface area contributed by atoms with Crippen molar-refractivity contribution in [3.05, 3.63) is 44.4 Å². The molecule has 0 aliphatic carbocycles. The molecule has 0 aliphatic heterocycles. The molecule has 0 saturated heterocycles. The molecule has 0 saturated carbocycles. The van der Waals surface area contributed by atoms with Crippen molar-refractivity contribution in [2.45, 2.75) is 12.3 Å². The van der Waals surface area contributed by atoms with Crippen molar-refractivity contribution in [1.29, 1.82) is 0 Å². The van der Waals surface area contributed by atoms with Gasteiger partial charge in [-0.05, 0) is 17.7 Å². The second-order valence-corrected chi connectivity index (χ2v) is 4.28. The van der Waals surface area contributed by atoms with Gasteiger partial charge in [-0.2, -0.15) is 0 Å². The van der Waals surface area contributed by atoms with Crippen LogP contribution in [0.4, 0.5) is 0 Å². The summed E-state index contributed by atoms with van der Waals surface area (Å²) in [5.74, 6) is -1.62. The van der Waals surface area contributed by atoms with Gasteiger partial charge >= 0.3 is 5.97 Å². The first-order valence-corrected chi connectivity index (χ1v) is 5.37. The summed E-state index contributed by atoms with van der Waals surface area (Å²) in [7, 11) is 0. The molecule has 0 spiro atoms. The Bertz CT molecular complexity index is 374. The van der Waals surface area contributed by atoms with Crippen molar-refractivity contribution in [3.63, 3.8) is 0 Å². The highest BCUT2D eigenvalue weighted by molar-refractivity contribution is 9.10. The summed E-state index contributed by atoms with van der Waals surface area (Å²) in [5.41, 5.74) is 0.669. The normalized spacial score (nSPS) is 12.1. The average molecular weight is 288 g/mol. The molecule has 0 radical (unpaired) electrons. The van der Waals surface area contributed by atoms with Gasteiger partial charge in [-0.1, -0.05) is 28.1 Å². The first kappa shape index (κ1) is 12.6. The second kappa shape index (κ2) is 5.60. The lowest BCUT2D eigenvalue weighted by molar-refractivity contribution is -0.483. The van der Waals surface area contributed by atoms with Gasteiger partial charge in [0.2, 0.25) is 6.54 Å². The minimum atomic E-state index is -1.03. The Morgan fingerprint density at radius 2 is 2.00 bits per heavy atom. The van der Waals surface area contributed by atoms with E-state index in [1.807, 2.05) is 0 Å². The first-order chi connectivity index (χ1) is 7.49. The van der Waals surface area contributed by atoms with E-state index in [1.165, 1.54) is 0 Å². The lowest BCUT2D eigenvalue weighted by atomic mass is 9.96. The second-order valence-electron chi connectivity index (χ2n) is 3.36. The number of nitrogens with zero attached hydrogens (tertiary/aromatic N) is 1. The molecule has 16 heavy (non-hydrogen) atoms. The summed E-state index contributed by atoms with van der Waals surface area (Å²) in [4.78, 5) is 20.5. The molecule has 5 nitrogen and oxygen atoms in total. The van der Waals surface area contributed by atoms with Crippen LogP contribution in [-0.4, -0.2) is 22.5 Å². The number of carboxylic acid groups (broad SMARTS) is 1. The van der Waals surface area contributed by atoms with Gasteiger partial charge < -0.3 is 5.11 Å². The van der Waals surface area contributed by atoms with E-state index in [-0.39, 0.29) is 13.0 Å². The van der Waals surface area contributed by atoms with E-state index in [0.29, 0.717) is 5.56 Å². The van der Waals surface area contributed by atoms with Crippen LogP contribution >= 0.6 is 15.9 Å². The van der Waals surface area contributed by atoms with Gasteiger partial charge in [0.05, 0.1) is 12.3 Å². The Morgan fingerprint density at radius 3 is 2.44 bits per heavy atom. The number of carboxylic acids is 1. The van der Waals surface area contributed by atoms with Crippen LogP contribution in [0, 0.1) is 10.1 Å². The number of hydrogen-bond donors (Lipinski definition) is 1. The number of rotatable bonds is 5. The topological polar surface area (TPSA) is 80.4 Å². The first-order valence-electron chi connectivity index (χ1n) is 4.58. The third-order valence-corrected chi connectivity index (χ3v) is 2.66. The Labute approximate surface area is 100 Å². The fraction of sp³-hybridized carbons (Fsp3) is 0.300. The van der Waals surface area contributed by atoms with Crippen molar-refractivity contribution in [2.75, 3.05) is 6.54 Å². The molecule has 6 heteroatoms. The molecular formula is C10H10BrNO4. The van der Waals surface area contributed by atoms with E-state index in [9.17, 15) is 14.9 Å². The number of carbonyl (C=O) groups is 1. The van der Waals surface area contributed by atoms with Gasteiger partial charge in [-0.25, -0.2) is 0 Å². The number of halogens is 1. The van der Waals surface area contributed by atoms with Crippen molar-refractivity contribution in [2.24, 2.45) is 0 Å². The number of benzene rings is 1. The van der Waals surface area contributed by atoms with Crippen LogP contribution in [-0.2, 0) is 4.79 Å². The Kier molecular flexibility index (Phi) is 4.42. The van der Waals surface area contributed by atoms with E-state index >= 15 is 0 Å². The third-order valence-electron chi connectivity index (χ3n) is 2.13. The highest BCUT2D eigenvalue weighted by atomic mass is 79.9. The minimum Gasteiger partial charge on any atom is -0.481 e. The summed E-state index contributed by atoms with van der Waals surface area (Å²) in [6.45, 7) is -0.367. The standard InChI is InChI=1S/C10H10BrNO4/c11-9-3-1-7(2-4-9)8(5-10(13)14)6-12(15)16/h1-4,8H,5-6H2,(H,13,14). The minimum absolute atomic E-state index is 0.234. The molecule has 1 unspecified atom stereocenters. The highest BCUT2D eigenvalue weighted by Crippen LogP contribution is 2.22.